The maximum Gasteiger partial charge on any atom is 0.335 e. The number of aryl methyl sites for hydroxylation is 2. The fraction of sp³-hybridized carbons (Fsp3) is 0.480. The van der Waals surface area contributed by atoms with Gasteiger partial charge in [-0.05, 0) is 62.1 Å². The molecule has 178 valence electrons. The first kappa shape index (κ1) is 23.6. The van der Waals surface area contributed by atoms with Crippen molar-refractivity contribution in [1.82, 2.24) is 4.90 Å². The standard InChI is InChI=1S/C25H33N3O4S/c1-18-8-9-19(2)24(16-18)33(31,32)26-22-17-20(25(29)30)10-11-23(22)28-14-12-27(13-15-28)21-6-4-3-5-7-21/h8-11,16-17,21,26H,3-7,12-15H2,1-2H3,(H,29,30). The molecule has 2 aromatic rings. The predicted octanol–water partition coefficient (Wildman–Crippen LogP) is 4.26. The highest BCUT2D eigenvalue weighted by molar-refractivity contribution is 7.92. The van der Waals surface area contributed by atoms with E-state index in [0.29, 0.717) is 17.3 Å². The van der Waals surface area contributed by atoms with E-state index in [0.717, 1.165) is 37.4 Å². The van der Waals surface area contributed by atoms with Crippen LogP contribution in [-0.4, -0.2) is 56.6 Å². The number of rotatable bonds is 6. The smallest absolute Gasteiger partial charge is 0.335 e. The molecule has 1 aliphatic carbocycles. The highest BCUT2D eigenvalue weighted by Crippen LogP contribution is 2.32. The molecule has 33 heavy (non-hydrogen) atoms. The van der Waals surface area contributed by atoms with Crippen LogP contribution in [-0.2, 0) is 10.0 Å². The number of carboxylic acids is 1. The van der Waals surface area contributed by atoms with Crippen LogP contribution in [0.2, 0.25) is 0 Å². The van der Waals surface area contributed by atoms with Gasteiger partial charge in [0.05, 0.1) is 21.8 Å². The number of nitrogens with zero attached hydrogens (tertiary/aromatic N) is 2. The van der Waals surface area contributed by atoms with Crippen LogP contribution in [0.1, 0.15) is 53.6 Å². The number of carboxylic acid groups (broad SMARTS) is 1. The predicted molar refractivity (Wildman–Crippen MR) is 131 cm³/mol. The number of hydrogen-bond donors (Lipinski definition) is 2. The molecule has 1 aliphatic heterocycles. The van der Waals surface area contributed by atoms with Crippen LogP contribution in [0, 0.1) is 13.8 Å². The molecule has 2 aromatic carbocycles. The van der Waals surface area contributed by atoms with E-state index >= 15 is 0 Å². The lowest BCUT2D eigenvalue weighted by Gasteiger charge is -2.42. The van der Waals surface area contributed by atoms with Crippen molar-refractivity contribution in [3.05, 3.63) is 53.1 Å². The van der Waals surface area contributed by atoms with Crippen molar-refractivity contribution >= 4 is 27.4 Å². The molecule has 1 heterocycles. The van der Waals surface area contributed by atoms with Gasteiger partial charge < -0.3 is 10.0 Å². The molecule has 0 spiro atoms. The van der Waals surface area contributed by atoms with Gasteiger partial charge >= 0.3 is 5.97 Å². The zero-order chi connectivity index (χ0) is 23.6. The molecular formula is C25H33N3O4S. The summed E-state index contributed by atoms with van der Waals surface area (Å²) in [5.74, 6) is -1.09. The molecule has 0 atom stereocenters. The second kappa shape index (κ2) is 9.73. The molecule has 2 fully saturated rings. The second-order valence-electron chi connectivity index (χ2n) is 9.23. The Kier molecular flexibility index (Phi) is 6.95. The summed E-state index contributed by atoms with van der Waals surface area (Å²) in [5.41, 5.74) is 2.57. The lowest BCUT2D eigenvalue weighted by atomic mass is 9.94. The SMILES string of the molecule is Cc1ccc(C)c(S(=O)(=O)Nc2cc(C(=O)O)ccc2N2CCN(C3CCCCC3)CC2)c1. The Hall–Kier alpha value is -2.58. The van der Waals surface area contributed by atoms with E-state index in [4.69, 9.17) is 0 Å². The Labute approximate surface area is 196 Å². The summed E-state index contributed by atoms with van der Waals surface area (Å²) in [6.45, 7) is 7.01. The Morgan fingerprint density at radius 3 is 2.33 bits per heavy atom. The highest BCUT2D eigenvalue weighted by Gasteiger charge is 2.27. The minimum atomic E-state index is -3.88. The summed E-state index contributed by atoms with van der Waals surface area (Å²) in [6.07, 6.45) is 6.44. The molecule has 0 unspecified atom stereocenters. The van der Waals surface area contributed by atoms with Crippen LogP contribution < -0.4 is 9.62 Å². The van der Waals surface area contributed by atoms with Crippen LogP contribution in [0.25, 0.3) is 0 Å². The van der Waals surface area contributed by atoms with Crippen LogP contribution >= 0.6 is 0 Å². The van der Waals surface area contributed by atoms with E-state index < -0.39 is 16.0 Å². The van der Waals surface area contributed by atoms with Crippen molar-refractivity contribution in [2.75, 3.05) is 35.8 Å². The molecule has 4 rings (SSSR count). The third-order valence-corrected chi connectivity index (χ3v) is 8.37. The number of hydrogen-bond acceptors (Lipinski definition) is 5. The third-order valence-electron chi connectivity index (χ3n) is 6.87. The molecule has 0 bridgehead atoms. The largest absolute Gasteiger partial charge is 0.478 e. The third kappa shape index (κ3) is 5.33. The van der Waals surface area contributed by atoms with Crippen molar-refractivity contribution in [1.29, 1.82) is 0 Å². The number of anilines is 2. The maximum atomic E-state index is 13.3. The van der Waals surface area contributed by atoms with Gasteiger partial charge in [-0.1, -0.05) is 31.4 Å². The summed E-state index contributed by atoms with van der Waals surface area (Å²) in [4.78, 5) is 16.5. The lowest BCUT2D eigenvalue weighted by molar-refractivity contribution is 0.0697. The first-order valence-corrected chi connectivity index (χ1v) is 13.2. The number of piperazine rings is 1. The summed E-state index contributed by atoms with van der Waals surface area (Å²) in [6, 6.07) is 10.6. The number of sulfonamides is 1. The molecule has 2 N–H and O–H groups in total. The van der Waals surface area contributed by atoms with Crippen molar-refractivity contribution in [2.24, 2.45) is 0 Å². The monoisotopic (exact) mass is 471 g/mol. The van der Waals surface area contributed by atoms with Crippen molar-refractivity contribution < 1.29 is 18.3 Å². The lowest BCUT2D eigenvalue weighted by Crippen LogP contribution is -2.51. The van der Waals surface area contributed by atoms with Crippen molar-refractivity contribution in [3.8, 4) is 0 Å². The van der Waals surface area contributed by atoms with E-state index in [1.165, 1.54) is 38.2 Å². The average Bonchev–Trinajstić information content (AvgIpc) is 2.81. The number of carbonyl (C=O) groups is 1. The van der Waals surface area contributed by atoms with Crippen molar-refractivity contribution in [2.45, 2.75) is 56.9 Å². The second-order valence-corrected chi connectivity index (χ2v) is 10.9. The fourth-order valence-electron chi connectivity index (χ4n) is 5.00. The normalized spacial score (nSPS) is 18.3. The van der Waals surface area contributed by atoms with E-state index in [9.17, 15) is 18.3 Å². The fourth-order valence-corrected chi connectivity index (χ4v) is 6.39. The van der Waals surface area contributed by atoms with E-state index in [1.54, 1.807) is 31.2 Å². The van der Waals surface area contributed by atoms with E-state index in [1.807, 2.05) is 13.0 Å². The molecular weight excluding hydrogens is 438 g/mol. The van der Waals surface area contributed by atoms with Crippen molar-refractivity contribution in [3.63, 3.8) is 0 Å². The van der Waals surface area contributed by atoms with Gasteiger partial charge in [-0.2, -0.15) is 0 Å². The zero-order valence-corrected chi connectivity index (χ0v) is 20.2. The molecule has 2 aliphatic rings. The molecule has 0 radical (unpaired) electrons. The quantitative estimate of drug-likeness (QED) is 0.654. The van der Waals surface area contributed by atoms with Gasteiger partial charge in [-0.15, -0.1) is 0 Å². The Balaban J connectivity index is 1.59. The van der Waals surface area contributed by atoms with E-state index in [-0.39, 0.29) is 10.5 Å². The maximum absolute atomic E-state index is 13.3. The summed E-state index contributed by atoms with van der Waals surface area (Å²) in [7, 11) is -3.88. The van der Waals surface area contributed by atoms with Crippen LogP contribution in [0.5, 0.6) is 0 Å². The number of benzene rings is 2. The first-order chi connectivity index (χ1) is 15.7. The number of aromatic carboxylic acids is 1. The van der Waals surface area contributed by atoms with Gasteiger partial charge in [0.2, 0.25) is 0 Å². The van der Waals surface area contributed by atoms with Crippen LogP contribution in [0.15, 0.2) is 41.3 Å². The first-order valence-electron chi connectivity index (χ1n) is 11.7. The zero-order valence-electron chi connectivity index (χ0n) is 19.4. The Morgan fingerprint density at radius 1 is 0.970 bits per heavy atom. The van der Waals surface area contributed by atoms with Crippen LogP contribution in [0.4, 0.5) is 11.4 Å². The molecule has 1 saturated carbocycles. The average molecular weight is 472 g/mol. The molecule has 7 nitrogen and oxygen atoms in total. The van der Waals surface area contributed by atoms with Gasteiger partial charge in [0.25, 0.3) is 10.0 Å². The summed E-state index contributed by atoms with van der Waals surface area (Å²) in [5, 5.41) is 9.49. The summed E-state index contributed by atoms with van der Waals surface area (Å²) < 4.78 is 29.2. The Bertz CT molecular complexity index is 1120. The molecule has 1 saturated heterocycles. The number of nitrogens with one attached hydrogen (secondary N) is 1. The highest BCUT2D eigenvalue weighted by atomic mass is 32.2. The Morgan fingerprint density at radius 2 is 1.67 bits per heavy atom. The molecule has 0 aromatic heterocycles. The van der Waals surface area contributed by atoms with Gasteiger partial charge in [0.15, 0.2) is 0 Å². The minimum Gasteiger partial charge on any atom is -0.478 e. The van der Waals surface area contributed by atoms with Gasteiger partial charge in [0.1, 0.15) is 0 Å². The molecule has 0 amide bonds. The van der Waals surface area contributed by atoms with Crippen LogP contribution in [0.3, 0.4) is 0 Å². The topological polar surface area (TPSA) is 89.9 Å². The van der Waals surface area contributed by atoms with E-state index in [2.05, 4.69) is 14.5 Å². The van der Waals surface area contributed by atoms with Gasteiger partial charge in [-0.25, -0.2) is 13.2 Å². The minimum absolute atomic E-state index is 0.0539. The van der Waals surface area contributed by atoms with Gasteiger partial charge in [-0.3, -0.25) is 9.62 Å². The van der Waals surface area contributed by atoms with Gasteiger partial charge in [0, 0.05) is 32.2 Å². The molecule has 8 heteroatoms. The summed E-state index contributed by atoms with van der Waals surface area (Å²) >= 11 is 0.